The molecule has 1 fully saturated rings. The molecule has 9 heteroatoms. The molecule has 1 aromatic carbocycles. The van der Waals surface area contributed by atoms with Crippen LogP contribution in [0.15, 0.2) is 41.6 Å². The quantitative estimate of drug-likeness (QED) is 0.915. The van der Waals surface area contributed by atoms with Crippen LogP contribution in [-0.2, 0) is 10.0 Å². The summed E-state index contributed by atoms with van der Waals surface area (Å²) in [6.07, 6.45) is 3.13. The Labute approximate surface area is 125 Å². The van der Waals surface area contributed by atoms with E-state index in [1.807, 2.05) is 0 Å². The number of hydrogen-bond acceptors (Lipinski definition) is 5. The van der Waals surface area contributed by atoms with Gasteiger partial charge in [0, 0.05) is 31.5 Å². The monoisotopic (exact) mass is 326 g/mol. The van der Waals surface area contributed by atoms with Crippen LogP contribution in [0, 0.1) is 11.6 Å². The van der Waals surface area contributed by atoms with E-state index in [0.29, 0.717) is 12.0 Å². The first-order valence-electron chi connectivity index (χ1n) is 6.45. The minimum Gasteiger partial charge on any atom is -0.349 e. The number of nitrogens with zero attached hydrogens (tertiary/aromatic N) is 3. The molecule has 1 aromatic heterocycles. The normalized spacial score (nSPS) is 16.3. The first-order chi connectivity index (χ1) is 10.4. The average molecular weight is 326 g/mol. The van der Waals surface area contributed by atoms with E-state index >= 15 is 0 Å². The van der Waals surface area contributed by atoms with Gasteiger partial charge in [0.05, 0.1) is 10.9 Å². The molecule has 6 nitrogen and oxygen atoms in total. The maximum absolute atomic E-state index is 13.2. The van der Waals surface area contributed by atoms with E-state index in [-0.39, 0.29) is 24.0 Å². The second-order valence-corrected chi connectivity index (χ2v) is 6.78. The minimum absolute atomic E-state index is 0.143. The van der Waals surface area contributed by atoms with Crippen molar-refractivity contribution in [3.05, 3.63) is 48.3 Å². The van der Waals surface area contributed by atoms with Crippen molar-refractivity contribution in [2.75, 3.05) is 18.4 Å². The molecule has 116 valence electrons. The molecule has 1 saturated heterocycles. The van der Waals surface area contributed by atoms with Crippen molar-refractivity contribution in [2.24, 2.45) is 0 Å². The summed E-state index contributed by atoms with van der Waals surface area (Å²) in [7, 11) is -3.90. The van der Waals surface area contributed by atoms with Gasteiger partial charge in [-0.25, -0.2) is 27.2 Å². The zero-order chi connectivity index (χ0) is 15.7. The van der Waals surface area contributed by atoms with Crippen molar-refractivity contribution in [3.63, 3.8) is 0 Å². The summed E-state index contributed by atoms with van der Waals surface area (Å²) in [5.74, 6) is -1.45. The molecule has 0 aliphatic carbocycles. The Morgan fingerprint density at radius 1 is 1.09 bits per heavy atom. The average Bonchev–Trinajstić information content (AvgIpc) is 2.42. The van der Waals surface area contributed by atoms with Gasteiger partial charge < -0.3 is 5.32 Å². The van der Waals surface area contributed by atoms with Crippen LogP contribution >= 0.6 is 0 Å². The molecule has 0 bridgehead atoms. The van der Waals surface area contributed by atoms with E-state index in [0.717, 1.165) is 16.4 Å². The van der Waals surface area contributed by atoms with Gasteiger partial charge in [-0.05, 0) is 18.2 Å². The predicted octanol–water partition coefficient (Wildman–Crippen LogP) is 1.24. The number of rotatable bonds is 4. The summed E-state index contributed by atoms with van der Waals surface area (Å²) >= 11 is 0. The topological polar surface area (TPSA) is 75.2 Å². The molecular formula is C13H12F2N4O2S. The SMILES string of the molecule is O=S(=O)(c1cc(F)cc(F)c1)N1CC(Nc2ncccn2)C1. The van der Waals surface area contributed by atoms with Gasteiger partial charge in [-0.1, -0.05) is 0 Å². The minimum atomic E-state index is -3.90. The zero-order valence-corrected chi connectivity index (χ0v) is 12.1. The number of hydrogen-bond donors (Lipinski definition) is 1. The van der Waals surface area contributed by atoms with Crippen molar-refractivity contribution in [1.82, 2.24) is 14.3 Å². The molecule has 0 unspecified atom stereocenters. The largest absolute Gasteiger partial charge is 0.349 e. The van der Waals surface area contributed by atoms with Crippen molar-refractivity contribution >= 4 is 16.0 Å². The van der Waals surface area contributed by atoms with E-state index in [1.165, 1.54) is 0 Å². The molecule has 1 aliphatic heterocycles. The summed E-state index contributed by atoms with van der Waals surface area (Å²) in [6, 6.07) is 3.77. The smallest absolute Gasteiger partial charge is 0.243 e. The highest BCUT2D eigenvalue weighted by molar-refractivity contribution is 7.89. The second-order valence-electron chi connectivity index (χ2n) is 4.84. The van der Waals surface area contributed by atoms with Gasteiger partial charge in [0.25, 0.3) is 0 Å². The Morgan fingerprint density at radius 2 is 1.68 bits per heavy atom. The lowest BCUT2D eigenvalue weighted by molar-refractivity contribution is 0.279. The van der Waals surface area contributed by atoms with Crippen molar-refractivity contribution in [2.45, 2.75) is 10.9 Å². The number of halogens is 2. The van der Waals surface area contributed by atoms with Gasteiger partial charge in [0.15, 0.2) is 0 Å². The van der Waals surface area contributed by atoms with Crippen LogP contribution in [0.25, 0.3) is 0 Å². The van der Waals surface area contributed by atoms with Gasteiger partial charge in [-0.15, -0.1) is 0 Å². The first-order valence-corrected chi connectivity index (χ1v) is 7.89. The van der Waals surface area contributed by atoms with E-state index in [2.05, 4.69) is 15.3 Å². The third kappa shape index (κ3) is 2.90. The van der Waals surface area contributed by atoms with Crippen LogP contribution in [0.3, 0.4) is 0 Å². The standard InChI is InChI=1S/C13H12F2N4O2S/c14-9-4-10(15)6-12(5-9)22(20,21)19-7-11(8-19)18-13-16-2-1-3-17-13/h1-6,11H,7-8H2,(H,16,17,18). The van der Waals surface area contributed by atoms with E-state index < -0.39 is 21.7 Å². The molecule has 0 atom stereocenters. The molecule has 0 radical (unpaired) electrons. The Hall–Kier alpha value is -2.13. The summed E-state index contributed by atoms with van der Waals surface area (Å²) < 4.78 is 52.0. The Morgan fingerprint density at radius 3 is 2.27 bits per heavy atom. The van der Waals surface area contributed by atoms with E-state index in [4.69, 9.17) is 0 Å². The molecule has 0 amide bonds. The fourth-order valence-electron chi connectivity index (χ4n) is 2.11. The van der Waals surface area contributed by atoms with Gasteiger partial charge in [-0.2, -0.15) is 4.31 Å². The van der Waals surface area contributed by atoms with Crippen LogP contribution in [0.2, 0.25) is 0 Å². The molecule has 0 saturated carbocycles. The Kier molecular flexibility index (Phi) is 3.75. The maximum atomic E-state index is 13.2. The van der Waals surface area contributed by atoms with Crippen molar-refractivity contribution in [1.29, 1.82) is 0 Å². The molecule has 2 heterocycles. The lowest BCUT2D eigenvalue weighted by Gasteiger charge is -2.38. The summed E-state index contributed by atoms with van der Waals surface area (Å²) in [6.45, 7) is 0.359. The number of anilines is 1. The van der Waals surface area contributed by atoms with Crippen LogP contribution in [0.4, 0.5) is 14.7 Å². The Balaban J connectivity index is 1.68. The fourth-order valence-corrected chi connectivity index (χ4v) is 3.68. The molecule has 0 spiro atoms. The number of nitrogens with one attached hydrogen (secondary N) is 1. The molecule has 1 aliphatic rings. The molecule has 3 rings (SSSR count). The maximum Gasteiger partial charge on any atom is 0.243 e. The predicted molar refractivity (Wildman–Crippen MR) is 74.6 cm³/mol. The summed E-state index contributed by atoms with van der Waals surface area (Å²) in [5, 5.41) is 2.98. The highest BCUT2D eigenvalue weighted by Crippen LogP contribution is 2.24. The fraction of sp³-hybridized carbons (Fsp3) is 0.231. The third-order valence-corrected chi connectivity index (χ3v) is 5.03. The third-order valence-electron chi connectivity index (χ3n) is 3.22. The zero-order valence-electron chi connectivity index (χ0n) is 11.3. The lowest BCUT2D eigenvalue weighted by atomic mass is 10.2. The van der Waals surface area contributed by atoms with E-state index in [9.17, 15) is 17.2 Å². The number of aromatic nitrogens is 2. The Bertz CT molecular complexity index is 760. The molecule has 2 aromatic rings. The van der Waals surface area contributed by atoms with Gasteiger partial charge in [-0.3, -0.25) is 0 Å². The highest BCUT2D eigenvalue weighted by atomic mass is 32.2. The number of benzene rings is 1. The van der Waals surface area contributed by atoms with Crippen molar-refractivity contribution in [3.8, 4) is 0 Å². The van der Waals surface area contributed by atoms with Crippen LogP contribution in [0.1, 0.15) is 0 Å². The van der Waals surface area contributed by atoms with Crippen LogP contribution in [-0.4, -0.2) is 41.8 Å². The highest BCUT2D eigenvalue weighted by Gasteiger charge is 2.37. The summed E-state index contributed by atoms with van der Waals surface area (Å²) in [5.41, 5.74) is 0. The molecule has 22 heavy (non-hydrogen) atoms. The molecule has 1 N–H and O–H groups in total. The van der Waals surface area contributed by atoms with E-state index in [1.54, 1.807) is 18.5 Å². The first kappa shape index (κ1) is 14.8. The van der Waals surface area contributed by atoms with Gasteiger partial charge in [0.1, 0.15) is 11.6 Å². The van der Waals surface area contributed by atoms with Crippen LogP contribution in [0.5, 0.6) is 0 Å². The summed E-state index contributed by atoms with van der Waals surface area (Å²) in [4.78, 5) is 7.57. The van der Waals surface area contributed by atoms with Gasteiger partial charge in [0.2, 0.25) is 16.0 Å². The lowest BCUT2D eigenvalue weighted by Crippen LogP contribution is -2.56. The molecular weight excluding hydrogens is 314 g/mol. The second kappa shape index (κ2) is 5.58. The van der Waals surface area contributed by atoms with Crippen LogP contribution < -0.4 is 5.32 Å². The number of sulfonamides is 1. The van der Waals surface area contributed by atoms with Gasteiger partial charge >= 0.3 is 0 Å². The van der Waals surface area contributed by atoms with Crippen molar-refractivity contribution < 1.29 is 17.2 Å².